The standard InChI is InChI=1S/C17H20ClNO/c1-13(11-14-7-4-3-5-8-14)19-12-15-16(18)9-6-10-17(15)20-2/h3-10,13,19H,11-12H2,1-2H3. The van der Waals surface area contributed by atoms with Crippen molar-refractivity contribution in [3.8, 4) is 5.75 Å². The van der Waals surface area contributed by atoms with Crippen LogP contribution in [0.1, 0.15) is 18.1 Å². The number of rotatable bonds is 6. The first-order valence-electron chi connectivity index (χ1n) is 6.79. The van der Waals surface area contributed by atoms with Crippen LogP contribution >= 0.6 is 11.6 Å². The number of methoxy groups -OCH3 is 1. The lowest BCUT2D eigenvalue weighted by Gasteiger charge is -2.16. The van der Waals surface area contributed by atoms with Crippen molar-refractivity contribution in [1.29, 1.82) is 0 Å². The van der Waals surface area contributed by atoms with Crippen molar-refractivity contribution in [2.75, 3.05) is 7.11 Å². The summed E-state index contributed by atoms with van der Waals surface area (Å²) >= 11 is 6.23. The monoisotopic (exact) mass is 289 g/mol. The van der Waals surface area contributed by atoms with Gasteiger partial charge in [-0.15, -0.1) is 0 Å². The highest BCUT2D eigenvalue weighted by Gasteiger charge is 2.09. The predicted molar refractivity (Wildman–Crippen MR) is 84.5 cm³/mol. The quantitative estimate of drug-likeness (QED) is 0.865. The summed E-state index contributed by atoms with van der Waals surface area (Å²) in [6.45, 7) is 2.88. The number of nitrogens with one attached hydrogen (secondary N) is 1. The van der Waals surface area contributed by atoms with Gasteiger partial charge in [-0.2, -0.15) is 0 Å². The summed E-state index contributed by atoms with van der Waals surface area (Å²) in [7, 11) is 1.67. The lowest BCUT2D eigenvalue weighted by atomic mass is 10.1. The van der Waals surface area contributed by atoms with Crippen LogP contribution in [0.15, 0.2) is 48.5 Å². The highest BCUT2D eigenvalue weighted by molar-refractivity contribution is 6.31. The molecule has 2 rings (SSSR count). The summed E-state index contributed by atoms with van der Waals surface area (Å²) in [5.41, 5.74) is 2.34. The Morgan fingerprint density at radius 2 is 1.85 bits per heavy atom. The lowest BCUT2D eigenvalue weighted by molar-refractivity contribution is 0.405. The number of ether oxygens (including phenoxy) is 1. The van der Waals surface area contributed by atoms with Crippen LogP contribution in [-0.4, -0.2) is 13.2 Å². The molecule has 0 aliphatic carbocycles. The van der Waals surface area contributed by atoms with E-state index in [0.717, 1.165) is 22.8 Å². The summed E-state index contributed by atoms with van der Waals surface area (Å²) in [6.07, 6.45) is 0.994. The number of halogens is 1. The molecule has 2 aromatic rings. The molecule has 3 heteroatoms. The molecule has 2 aromatic carbocycles. The third kappa shape index (κ3) is 3.99. The van der Waals surface area contributed by atoms with E-state index in [9.17, 15) is 0 Å². The topological polar surface area (TPSA) is 21.3 Å². The van der Waals surface area contributed by atoms with Crippen molar-refractivity contribution < 1.29 is 4.74 Å². The average Bonchev–Trinajstić information content (AvgIpc) is 2.46. The first kappa shape index (κ1) is 14.9. The Kier molecular flexibility index (Phi) is 5.45. The van der Waals surface area contributed by atoms with E-state index in [1.165, 1.54) is 5.56 Å². The normalized spacial score (nSPS) is 12.2. The number of benzene rings is 2. The van der Waals surface area contributed by atoms with Gasteiger partial charge in [-0.05, 0) is 31.0 Å². The molecule has 0 radical (unpaired) electrons. The van der Waals surface area contributed by atoms with Gasteiger partial charge in [-0.3, -0.25) is 0 Å². The maximum Gasteiger partial charge on any atom is 0.124 e. The first-order chi connectivity index (χ1) is 9.70. The molecule has 0 saturated heterocycles. The van der Waals surface area contributed by atoms with E-state index in [2.05, 4.69) is 36.5 Å². The van der Waals surface area contributed by atoms with Crippen molar-refractivity contribution in [2.45, 2.75) is 25.9 Å². The Labute approximate surface area is 125 Å². The van der Waals surface area contributed by atoms with Crippen LogP contribution in [0.4, 0.5) is 0 Å². The van der Waals surface area contributed by atoms with Gasteiger partial charge >= 0.3 is 0 Å². The molecular formula is C17H20ClNO. The van der Waals surface area contributed by atoms with Crippen molar-refractivity contribution in [3.05, 3.63) is 64.7 Å². The molecule has 1 N–H and O–H groups in total. The minimum absolute atomic E-state index is 0.373. The third-order valence-corrected chi connectivity index (χ3v) is 3.66. The van der Waals surface area contributed by atoms with Crippen LogP contribution in [0.2, 0.25) is 5.02 Å². The zero-order valence-electron chi connectivity index (χ0n) is 11.9. The fraction of sp³-hybridized carbons (Fsp3) is 0.294. The largest absolute Gasteiger partial charge is 0.496 e. The lowest BCUT2D eigenvalue weighted by Crippen LogP contribution is -2.27. The van der Waals surface area contributed by atoms with Crippen molar-refractivity contribution >= 4 is 11.6 Å². The minimum atomic E-state index is 0.373. The van der Waals surface area contributed by atoms with E-state index in [-0.39, 0.29) is 0 Å². The van der Waals surface area contributed by atoms with E-state index in [1.54, 1.807) is 7.11 Å². The molecule has 1 unspecified atom stereocenters. The fourth-order valence-corrected chi connectivity index (χ4v) is 2.45. The highest BCUT2D eigenvalue weighted by Crippen LogP contribution is 2.26. The van der Waals surface area contributed by atoms with E-state index < -0.39 is 0 Å². The molecule has 0 aromatic heterocycles. The maximum absolute atomic E-state index is 6.23. The van der Waals surface area contributed by atoms with E-state index in [4.69, 9.17) is 16.3 Å². The number of hydrogen-bond donors (Lipinski definition) is 1. The minimum Gasteiger partial charge on any atom is -0.496 e. The van der Waals surface area contributed by atoms with Crippen molar-refractivity contribution in [3.63, 3.8) is 0 Å². The Hall–Kier alpha value is -1.51. The van der Waals surface area contributed by atoms with Crippen LogP contribution in [0.25, 0.3) is 0 Å². The molecule has 106 valence electrons. The fourth-order valence-electron chi connectivity index (χ4n) is 2.22. The van der Waals surface area contributed by atoms with Crippen LogP contribution < -0.4 is 10.1 Å². The van der Waals surface area contributed by atoms with Crippen LogP contribution in [0, 0.1) is 0 Å². The first-order valence-corrected chi connectivity index (χ1v) is 7.17. The summed E-state index contributed by atoms with van der Waals surface area (Å²) in [5.74, 6) is 0.830. The summed E-state index contributed by atoms with van der Waals surface area (Å²) in [4.78, 5) is 0. The van der Waals surface area contributed by atoms with Gasteiger partial charge in [-0.25, -0.2) is 0 Å². The van der Waals surface area contributed by atoms with Crippen molar-refractivity contribution in [2.24, 2.45) is 0 Å². The van der Waals surface area contributed by atoms with Gasteiger partial charge in [0, 0.05) is 23.2 Å². The molecule has 0 amide bonds. The molecule has 20 heavy (non-hydrogen) atoms. The Bertz CT molecular complexity index is 542. The second-order valence-electron chi connectivity index (χ2n) is 4.89. The van der Waals surface area contributed by atoms with E-state index >= 15 is 0 Å². The Morgan fingerprint density at radius 1 is 1.10 bits per heavy atom. The average molecular weight is 290 g/mol. The molecule has 2 nitrogen and oxygen atoms in total. The SMILES string of the molecule is COc1cccc(Cl)c1CNC(C)Cc1ccccc1. The molecule has 0 aliphatic heterocycles. The zero-order chi connectivity index (χ0) is 14.4. The summed E-state index contributed by atoms with van der Waals surface area (Å²) in [6, 6.07) is 16.6. The molecule has 0 heterocycles. The highest BCUT2D eigenvalue weighted by atomic mass is 35.5. The van der Waals surface area contributed by atoms with Gasteiger partial charge in [0.15, 0.2) is 0 Å². The predicted octanol–water partition coefficient (Wildman–Crippen LogP) is 4.07. The van der Waals surface area contributed by atoms with Gasteiger partial charge in [0.2, 0.25) is 0 Å². The zero-order valence-corrected chi connectivity index (χ0v) is 12.7. The van der Waals surface area contributed by atoms with Gasteiger partial charge in [0.05, 0.1) is 7.11 Å². The summed E-state index contributed by atoms with van der Waals surface area (Å²) in [5, 5.41) is 4.24. The van der Waals surface area contributed by atoms with Crippen LogP contribution in [-0.2, 0) is 13.0 Å². The van der Waals surface area contributed by atoms with Gasteiger partial charge in [0.1, 0.15) is 5.75 Å². The maximum atomic E-state index is 6.23. The van der Waals surface area contributed by atoms with E-state index in [1.807, 2.05) is 24.3 Å². The van der Waals surface area contributed by atoms with Crippen LogP contribution in [0.3, 0.4) is 0 Å². The smallest absolute Gasteiger partial charge is 0.124 e. The molecule has 1 atom stereocenters. The Balaban J connectivity index is 1.95. The summed E-state index contributed by atoms with van der Waals surface area (Å²) < 4.78 is 5.35. The molecule has 0 fully saturated rings. The second-order valence-corrected chi connectivity index (χ2v) is 5.30. The van der Waals surface area contributed by atoms with Gasteiger partial charge in [-0.1, -0.05) is 48.0 Å². The van der Waals surface area contributed by atoms with E-state index in [0.29, 0.717) is 12.6 Å². The van der Waals surface area contributed by atoms with Gasteiger partial charge in [0.25, 0.3) is 0 Å². The molecular weight excluding hydrogens is 270 g/mol. The molecule has 0 spiro atoms. The third-order valence-electron chi connectivity index (χ3n) is 3.31. The van der Waals surface area contributed by atoms with Crippen molar-refractivity contribution in [1.82, 2.24) is 5.32 Å². The van der Waals surface area contributed by atoms with Crippen LogP contribution in [0.5, 0.6) is 5.75 Å². The molecule has 0 aliphatic rings. The Morgan fingerprint density at radius 3 is 2.55 bits per heavy atom. The molecule has 0 saturated carbocycles. The second kappa shape index (κ2) is 7.32. The number of hydrogen-bond acceptors (Lipinski definition) is 2. The molecule has 0 bridgehead atoms. The van der Waals surface area contributed by atoms with Gasteiger partial charge < -0.3 is 10.1 Å².